The van der Waals surface area contributed by atoms with Crippen molar-refractivity contribution in [2.75, 3.05) is 6.54 Å². The number of hydrogen-bond acceptors (Lipinski definition) is 8. The highest BCUT2D eigenvalue weighted by Crippen LogP contribution is 2.06. The number of carboxylic acid groups (broad SMARTS) is 1. The van der Waals surface area contributed by atoms with Crippen LogP contribution in [-0.2, 0) is 24.0 Å². The molecule has 31 heavy (non-hydrogen) atoms. The largest absolute Gasteiger partial charge is 0.480 e. The van der Waals surface area contributed by atoms with Gasteiger partial charge in [0.15, 0.2) is 0 Å². The minimum atomic E-state index is -1.39. The molecule has 11 N–H and O–H groups in total. The molecule has 0 rings (SSSR count). The lowest BCUT2D eigenvalue weighted by molar-refractivity contribution is -0.142. The van der Waals surface area contributed by atoms with Crippen molar-refractivity contribution in [2.24, 2.45) is 17.2 Å². The Morgan fingerprint density at radius 2 is 1.45 bits per heavy atom. The summed E-state index contributed by atoms with van der Waals surface area (Å²) in [5, 5.41) is 26.1. The molecule has 178 valence electrons. The molecule has 0 radical (unpaired) electrons. The number of rotatable bonds is 15. The Morgan fingerprint density at radius 3 is 1.90 bits per heavy atom. The molecule has 13 nitrogen and oxygen atoms in total. The van der Waals surface area contributed by atoms with Gasteiger partial charge in [-0.2, -0.15) is 0 Å². The lowest BCUT2D eigenvalue weighted by Gasteiger charge is -2.26. The smallest absolute Gasteiger partial charge is 0.326 e. The van der Waals surface area contributed by atoms with Crippen LogP contribution < -0.4 is 33.2 Å². The number of unbranched alkanes of at least 4 members (excludes halogenated alkanes) is 1. The average molecular weight is 447 g/mol. The van der Waals surface area contributed by atoms with Gasteiger partial charge in [-0.1, -0.05) is 0 Å². The van der Waals surface area contributed by atoms with Gasteiger partial charge < -0.3 is 43.4 Å². The number of nitrogens with one attached hydrogen (secondary N) is 3. The van der Waals surface area contributed by atoms with E-state index >= 15 is 0 Å². The fourth-order valence-electron chi connectivity index (χ4n) is 2.53. The Kier molecular flexibility index (Phi) is 13.0. The Bertz CT molecular complexity index is 641. The van der Waals surface area contributed by atoms with E-state index < -0.39 is 59.9 Å². The minimum Gasteiger partial charge on any atom is -0.480 e. The summed E-state index contributed by atoms with van der Waals surface area (Å²) >= 11 is 0. The zero-order valence-corrected chi connectivity index (χ0v) is 17.8. The maximum atomic E-state index is 12.6. The molecule has 0 aromatic rings. The number of carboxylic acids is 1. The van der Waals surface area contributed by atoms with Crippen LogP contribution in [0.15, 0.2) is 0 Å². The molecule has 0 aliphatic heterocycles. The number of carbonyl (C=O) groups excluding carboxylic acids is 4. The third kappa shape index (κ3) is 11.3. The molecule has 0 saturated carbocycles. The second-order valence-electron chi connectivity index (χ2n) is 7.27. The summed E-state index contributed by atoms with van der Waals surface area (Å²) in [6.07, 6.45) is -0.650. The number of hydrogen-bond donors (Lipinski definition) is 8. The number of nitrogens with two attached hydrogens (primary N) is 3. The van der Waals surface area contributed by atoms with E-state index in [1.807, 2.05) is 0 Å². The maximum Gasteiger partial charge on any atom is 0.326 e. The highest BCUT2D eigenvalue weighted by atomic mass is 16.4. The SMILES string of the molecule is CC(N)C(=O)NC(C(=O)NC(CCCCN)C(=O)NC(CCC(N)=O)C(=O)O)C(C)O. The van der Waals surface area contributed by atoms with Crippen molar-refractivity contribution in [1.29, 1.82) is 0 Å². The second kappa shape index (κ2) is 14.3. The highest BCUT2D eigenvalue weighted by Gasteiger charge is 2.31. The van der Waals surface area contributed by atoms with Crippen molar-refractivity contribution in [2.45, 2.75) is 76.2 Å². The summed E-state index contributed by atoms with van der Waals surface area (Å²) in [6, 6.07) is -4.87. The summed E-state index contributed by atoms with van der Waals surface area (Å²) < 4.78 is 0. The molecule has 0 saturated heterocycles. The van der Waals surface area contributed by atoms with Crippen molar-refractivity contribution < 1.29 is 34.2 Å². The van der Waals surface area contributed by atoms with Crippen molar-refractivity contribution in [1.82, 2.24) is 16.0 Å². The van der Waals surface area contributed by atoms with Gasteiger partial charge in [0.2, 0.25) is 23.6 Å². The summed E-state index contributed by atoms with van der Waals surface area (Å²) in [5.74, 6) is -4.42. The first-order valence-electron chi connectivity index (χ1n) is 9.96. The lowest BCUT2D eigenvalue weighted by atomic mass is 10.0. The Balaban J connectivity index is 5.38. The fraction of sp³-hybridized carbons (Fsp3) is 0.722. The normalized spacial score (nSPS) is 15.6. The predicted octanol–water partition coefficient (Wildman–Crippen LogP) is -3.35. The summed E-state index contributed by atoms with van der Waals surface area (Å²) in [7, 11) is 0. The van der Waals surface area contributed by atoms with Crippen LogP contribution >= 0.6 is 0 Å². The van der Waals surface area contributed by atoms with Crippen LogP contribution in [0.2, 0.25) is 0 Å². The van der Waals surface area contributed by atoms with Gasteiger partial charge in [0.1, 0.15) is 18.1 Å². The van der Waals surface area contributed by atoms with E-state index in [1.54, 1.807) is 0 Å². The van der Waals surface area contributed by atoms with E-state index in [0.29, 0.717) is 19.4 Å². The van der Waals surface area contributed by atoms with E-state index in [4.69, 9.17) is 17.2 Å². The molecular weight excluding hydrogens is 412 g/mol. The van der Waals surface area contributed by atoms with Crippen molar-refractivity contribution in [3.05, 3.63) is 0 Å². The highest BCUT2D eigenvalue weighted by molar-refractivity contribution is 5.94. The van der Waals surface area contributed by atoms with Crippen molar-refractivity contribution in [3.63, 3.8) is 0 Å². The minimum absolute atomic E-state index is 0.130. The summed E-state index contributed by atoms with van der Waals surface area (Å²) in [5.41, 5.74) is 15.9. The average Bonchev–Trinajstić information content (AvgIpc) is 2.67. The van der Waals surface area contributed by atoms with Crippen LogP contribution in [0.3, 0.4) is 0 Å². The summed E-state index contributed by atoms with van der Waals surface area (Å²) in [4.78, 5) is 59.4. The van der Waals surface area contributed by atoms with Gasteiger partial charge >= 0.3 is 5.97 Å². The van der Waals surface area contributed by atoms with Gasteiger partial charge in [-0.3, -0.25) is 19.2 Å². The fourth-order valence-corrected chi connectivity index (χ4v) is 2.53. The molecular formula is C18H34N6O7. The molecule has 4 amide bonds. The number of aliphatic carboxylic acids is 1. The second-order valence-corrected chi connectivity index (χ2v) is 7.27. The molecule has 0 fully saturated rings. The van der Waals surface area contributed by atoms with Gasteiger partial charge in [0.05, 0.1) is 12.1 Å². The quantitative estimate of drug-likeness (QED) is 0.117. The number of aliphatic hydroxyl groups is 1. The number of primary amides is 1. The molecule has 0 bridgehead atoms. The van der Waals surface area contributed by atoms with Crippen LogP contribution in [0.1, 0.15) is 46.0 Å². The summed E-state index contributed by atoms with van der Waals surface area (Å²) in [6.45, 7) is 3.02. The van der Waals surface area contributed by atoms with E-state index in [0.717, 1.165) is 0 Å². The molecule has 0 aliphatic rings. The van der Waals surface area contributed by atoms with E-state index in [9.17, 15) is 34.2 Å². The van der Waals surface area contributed by atoms with Gasteiger partial charge in [-0.25, -0.2) is 4.79 Å². The van der Waals surface area contributed by atoms with E-state index in [2.05, 4.69) is 16.0 Å². The van der Waals surface area contributed by atoms with E-state index in [1.165, 1.54) is 13.8 Å². The number of aliphatic hydroxyl groups excluding tert-OH is 1. The van der Waals surface area contributed by atoms with Crippen LogP contribution in [0.4, 0.5) is 0 Å². The first-order chi connectivity index (χ1) is 14.4. The lowest BCUT2D eigenvalue weighted by Crippen LogP contribution is -2.59. The first kappa shape index (κ1) is 28.2. The zero-order chi connectivity index (χ0) is 24.1. The molecule has 5 unspecified atom stereocenters. The Morgan fingerprint density at radius 1 is 0.871 bits per heavy atom. The molecule has 0 spiro atoms. The van der Waals surface area contributed by atoms with E-state index in [-0.39, 0.29) is 19.3 Å². The molecule has 5 atom stereocenters. The van der Waals surface area contributed by atoms with Crippen molar-refractivity contribution in [3.8, 4) is 0 Å². The molecule has 0 aromatic heterocycles. The zero-order valence-electron chi connectivity index (χ0n) is 17.8. The number of carbonyl (C=O) groups is 5. The first-order valence-corrected chi connectivity index (χ1v) is 9.96. The van der Waals surface area contributed by atoms with Crippen LogP contribution in [-0.4, -0.2) is 76.6 Å². The van der Waals surface area contributed by atoms with Crippen LogP contribution in [0.5, 0.6) is 0 Å². The Hall–Kier alpha value is -2.77. The topological polar surface area (TPSA) is 240 Å². The molecule has 0 heterocycles. The molecule has 0 aromatic carbocycles. The molecule has 0 aliphatic carbocycles. The Labute approximate surface area is 180 Å². The van der Waals surface area contributed by atoms with Crippen LogP contribution in [0.25, 0.3) is 0 Å². The predicted molar refractivity (Wildman–Crippen MR) is 110 cm³/mol. The number of amides is 4. The van der Waals surface area contributed by atoms with Crippen molar-refractivity contribution >= 4 is 29.6 Å². The monoisotopic (exact) mass is 446 g/mol. The standard InChI is InChI=1S/C18H34N6O7/c1-9(20)15(27)24-14(10(2)25)17(29)22-11(5-3-4-8-19)16(28)23-12(18(30)31)6-7-13(21)26/h9-12,14,25H,3-8,19-20H2,1-2H3,(H2,21,26)(H,22,29)(H,23,28)(H,24,27)(H,30,31). The third-order valence-corrected chi connectivity index (χ3v) is 4.35. The van der Waals surface area contributed by atoms with Crippen LogP contribution in [0, 0.1) is 0 Å². The van der Waals surface area contributed by atoms with Gasteiger partial charge in [-0.05, 0) is 46.1 Å². The molecule has 13 heteroatoms. The van der Waals surface area contributed by atoms with Gasteiger partial charge in [0.25, 0.3) is 0 Å². The van der Waals surface area contributed by atoms with Gasteiger partial charge in [0, 0.05) is 6.42 Å². The van der Waals surface area contributed by atoms with Gasteiger partial charge in [-0.15, -0.1) is 0 Å². The third-order valence-electron chi connectivity index (χ3n) is 4.35. The maximum absolute atomic E-state index is 12.6.